The van der Waals surface area contributed by atoms with E-state index in [0.717, 1.165) is 22.5 Å². The molecule has 22 heavy (non-hydrogen) atoms. The van der Waals surface area contributed by atoms with Gasteiger partial charge < -0.3 is 4.74 Å². The topological polar surface area (TPSA) is 44.1 Å². The number of nitrogens with zero attached hydrogens (tertiary/aromatic N) is 2. The Kier molecular flexibility index (Phi) is 5.39. The van der Waals surface area contributed by atoms with Gasteiger partial charge in [-0.05, 0) is 50.1 Å². The third kappa shape index (κ3) is 4.46. The van der Waals surface area contributed by atoms with Crippen LogP contribution >= 0.6 is 11.6 Å². The molecule has 2 aromatic rings. The molecule has 0 unspecified atom stereocenters. The fourth-order valence-corrected chi connectivity index (χ4v) is 2.36. The first-order valence-electron chi connectivity index (χ1n) is 7.08. The van der Waals surface area contributed by atoms with Crippen molar-refractivity contribution >= 4 is 23.1 Å². The second-order valence-corrected chi connectivity index (χ2v) is 5.59. The zero-order chi connectivity index (χ0) is 16.1. The molecule has 0 spiro atoms. The lowest BCUT2D eigenvalue weighted by Gasteiger charge is -2.06. The molecule has 0 atom stereocenters. The summed E-state index contributed by atoms with van der Waals surface area (Å²) in [5, 5.41) is 4.96. The van der Waals surface area contributed by atoms with Gasteiger partial charge in [0.15, 0.2) is 0 Å². The molecule has 0 aliphatic rings. The largest absolute Gasteiger partial charge is 0.461 e. The minimum atomic E-state index is -0.362. The van der Waals surface area contributed by atoms with Crippen molar-refractivity contribution in [2.24, 2.45) is 0 Å². The van der Waals surface area contributed by atoms with E-state index in [2.05, 4.69) is 5.10 Å². The summed E-state index contributed by atoms with van der Waals surface area (Å²) in [7, 11) is 0. The minimum Gasteiger partial charge on any atom is -0.461 e. The Bertz CT molecular complexity index is 704. The second-order valence-electron chi connectivity index (χ2n) is 5.16. The Morgan fingerprint density at radius 2 is 2.14 bits per heavy atom. The predicted molar refractivity (Wildman–Crippen MR) is 87.8 cm³/mol. The van der Waals surface area contributed by atoms with Gasteiger partial charge in [-0.1, -0.05) is 23.7 Å². The minimum absolute atomic E-state index is 0.292. The summed E-state index contributed by atoms with van der Waals surface area (Å²) in [6, 6.07) is 9.36. The number of benzene rings is 1. The maximum atomic E-state index is 11.8. The molecule has 0 amide bonds. The van der Waals surface area contributed by atoms with Crippen molar-refractivity contribution in [2.45, 2.75) is 27.3 Å². The van der Waals surface area contributed by atoms with E-state index in [1.807, 2.05) is 49.7 Å². The van der Waals surface area contributed by atoms with Crippen LogP contribution in [0.2, 0.25) is 5.02 Å². The fourth-order valence-electron chi connectivity index (χ4n) is 2.17. The van der Waals surface area contributed by atoms with Crippen LogP contribution in [0.4, 0.5) is 0 Å². The maximum Gasteiger partial charge on any atom is 0.331 e. The van der Waals surface area contributed by atoms with Crippen LogP contribution in [-0.2, 0) is 16.1 Å². The Labute approximate surface area is 135 Å². The van der Waals surface area contributed by atoms with E-state index in [1.54, 1.807) is 6.07 Å². The number of aryl methyl sites for hydroxylation is 2. The van der Waals surface area contributed by atoms with Crippen LogP contribution in [0, 0.1) is 13.8 Å². The normalized spacial score (nSPS) is 11.5. The van der Waals surface area contributed by atoms with E-state index < -0.39 is 0 Å². The molecule has 0 aliphatic heterocycles. The summed E-state index contributed by atoms with van der Waals surface area (Å²) in [6.07, 6.45) is 1.48. The van der Waals surface area contributed by atoms with Gasteiger partial charge in [0.1, 0.15) is 6.61 Å². The number of ether oxygens (including phenoxy) is 1. The van der Waals surface area contributed by atoms with Crippen LogP contribution in [0.3, 0.4) is 0 Å². The molecular weight excluding hydrogens is 300 g/mol. The standard InChI is InChI=1S/C17H19ClN2O2/c1-12(15-5-4-6-16(18)11-15)9-17(21)22-8-7-20-14(3)10-13(2)19-20/h4-6,9-11H,7-8H2,1-3H3/b12-9+. The highest BCUT2D eigenvalue weighted by Crippen LogP contribution is 2.18. The summed E-state index contributed by atoms with van der Waals surface area (Å²) < 4.78 is 7.05. The van der Waals surface area contributed by atoms with Crippen molar-refractivity contribution in [2.75, 3.05) is 6.61 Å². The van der Waals surface area contributed by atoms with Gasteiger partial charge in [-0.3, -0.25) is 4.68 Å². The van der Waals surface area contributed by atoms with E-state index in [4.69, 9.17) is 16.3 Å². The predicted octanol–water partition coefficient (Wildman–Crippen LogP) is 3.80. The van der Waals surface area contributed by atoms with E-state index in [9.17, 15) is 4.79 Å². The summed E-state index contributed by atoms with van der Waals surface area (Å²) in [4.78, 5) is 11.8. The van der Waals surface area contributed by atoms with Gasteiger partial charge in [-0.25, -0.2) is 4.79 Å². The first kappa shape index (κ1) is 16.3. The third-order valence-electron chi connectivity index (χ3n) is 3.27. The Hall–Kier alpha value is -2.07. The lowest BCUT2D eigenvalue weighted by atomic mass is 10.1. The molecule has 5 heteroatoms. The van der Waals surface area contributed by atoms with Gasteiger partial charge in [0, 0.05) is 16.8 Å². The summed E-state index contributed by atoms with van der Waals surface area (Å²) in [6.45, 7) is 6.61. The summed E-state index contributed by atoms with van der Waals surface area (Å²) in [5.74, 6) is -0.362. The van der Waals surface area contributed by atoms with Crippen LogP contribution < -0.4 is 0 Å². The highest BCUT2D eigenvalue weighted by molar-refractivity contribution is 6.30. The van der Waals surface area contributed by atoms with E-state index in [-0.39, 0.29) is 5.97 Å². The van der Waals surface area contributed by atoms with Gasteiger partial charge in [0.25, 0.3) is 0 Å². The number of allylic oxidation sites excluding steroid dienone is 1. The van der Waals surface area contributed by atoms with Crippen LogP contribution in [0.5, 0.6) is 0 Å². The van der Waals surface area contributed by atoms with Crippen molar-refractivity contribution in [1.29, 1.82) is 0 Å². The number of halogens is 1. The quantitative estimate of drug-likeness (QED) is 0.622. The van der Waals surface area contributed by atoms with Gasteiger partial charge in [0.2, 0.25) is 0 Å². The number of hydrogen-bond donors (Lipinski definition) is 0. The van der Waals surface area contributed by atoms with Crippen molar-refractivity contribution in [1.82, 2.24) is 9.78 Å². The monoisotopic (exact) mass is 318 g/mol. The van der Waals surface area contributed by atoms with Crippen molar-refractivity contribution in [3.63, 3.8) is 0 Å². The smallest absolute Gasteiger partial charge is 0.331 e. The molecule has 0 saturated carbocycles. The van der Waals surface area contributed by atoms with Crippen LogP contribution in [-0.4, -0.2) is 22.4 Å². The van der Waals surface area contributed by atoms with E-state index in [0.29, 0.717) is 18.2 Å². The molecule has 4 nitrogen and oxygen atoms in total. The zero-order valence-electron chi connectivity index (χ0n) is 13.0. The van der Waals surface area contributed by atoms with Gasteiger partial charge in [-0.15, -0.1) is 0 Å². The Balaban J connectivity index is 1.89. The van der Waals surface area contributed by atoms with Crippen LogP contribution in [0.25, 0.3) is 5.57 Å². The number of carbonyl (C=O) groups excluding carboxylic acids is 1. The maximum absolute atomic E-state index is 11.8. The first-order valence-corrected chi connectivity index (χ1v) is 7.45. The lowest BCUT2D eigenvalue weighted by Crippen LogP contribution is -2.12. The lowest BCUT2D eigenvalue weighted by molar-refractivity contribution is -0.138. The molecule has 0 saturated heterocycles. The molecule has 1 heterocycles. The third-order valence-corrected chi connectivity index (χ3v) is 3.50. The second kappa shape index (κ2) is 7.27. The van der Waals surface area contributed by atoms with Gasteiger partial charge >= 0.3 is 5.97 Å². The number of rotatable bonds is 5. The van der Waals surface area contributed by atoms with Crippen molar-refractivity contribution in [3.8, 4) is 0 Å². The van der Waals surface area contributed by atoms with Gasteiger partial charge in [-0.2, -0.15) is 5.10 Å². The van der Waals surface area contributed by atoms with Crippen LogP contribution in [0.1, 0.15) is 23.9 Å². The molecule has 2 rings (SSSR count). The van der Waals surface area contributed by atoms with Crippen LogP contribution in [0.15, 0.2) is 36.4 Å². The van der Waals surface area contributed by atoms with Gasteiger partial charge in [0.05, 0.1) is 12.2 Å². The summed E-state index contributed by atoms with van der Waals surface area (Å²) in [5.41, 5.74) is 3.74. The molecule has 0 bridgehead atoms. The average molecular weight is 319 g/mol. The molecule has 1 aromatic carbocycles. The molecule has 1 aromatic heterocycles. The Morgan fingerprint density at radius 3 is 2.77 bits per heavy atom. The SMILES string of the molecule is C/C(=C\C(=O)OCCn1nc(C)cc1C)c1cccc(Cl)c1. The highest BCUT2D eigenvalue weighted by atomic mass is 35.5. The molecular formula is C17H19ClN2O2. The van der Waals surface area contributed by atoms with Crippen molar-refractivity contribution < 1.29 is 9.53 Å². The number of esters is 1. The average Bonchev–Trinajstić information content (AvgIpc) is 2.77. The number of carbonyl (C=O) groups is 1. The highest BCUT2D eigenvalue weighted by Gasteiger charge is 2.04. The molecule has 0 fully saturated rings. The molecule has 0 N–H and O–H groups in total. The molecule has 0 aliphatic carbocycles. The molecule has 116 valence electrons. The fraction of sp³-hybridized carbons (Fsp3) is 0.294. The molecule has 0 radical (unpaired) electrons. The number of hydrogen-bond acceptors (Lipinski definition) is 3. The zero-order valence-corrected chi connectivity index (χ0v) is 13.7. The first-order chi connectivity index (χ1) is 10.5. The van der Waals surface area contributed by atoms with E-state index >= 15 is 0 Å². The van der Waals surface area contributed by atoms with E-state index in [1.165, 1.54) is 6.08 Å². The summed E-state index contributed by atoms with van der Waals surface area (Å²) >= 11 is 5.94. The van der Waals surface area contributed by atoms with Crippen molar-refractivity contribution in [3.05, 3.63) is 58.4 Å². The number of aromatic nitrogens is 2. The Morgan fingerprint density at radius 1 is 1.36 bits per heavy atom.